The molecule has 5 nitrogen and oxygen atoms in total. The first-order chi connectivity index (χ1) is 19.9. The van der Waals surface area contributed by atoms with Crippen LogP contribution in [-0.2, 0) is 14.9 Å². The minimum atomic E-state index is -4.70. The van der Waals surface area contributed by atoms with E-state index in [1.165, 1.54) is 34.0 Å². The summed E-state index contributed by atoms with van der Waals surface area (Å²) in [6, 6.07) is 34.9. The van der Waals surface area contributed by atoms with Crippen molar-refractivity contribution in [2.75, 3.05) is 0 Å². The van der Waals surface area contributed by atoms with E-state index < -0.39 is 16.0 Å². The van der Waals surface area contributed by atoms with E-state index in [1.807, 2.05) is 24.3 Å². The van der Waals surface area contributed by atoms with Crippen molar-refractivity contribution < 1.29 is 22.5 Å². The highest BCUT2D eigenvalue weighted by Crippen LogP contribution is 2.57. The summed E-state index contributed by atoms with van der Waals surface area (Å²) < 4.78 is 41.7. The van der Waals surface area contributed by atoms with Gasteiger partial charge in [-0.3, -0.25) is 4.79 Å². The van der Waals surface area contributed by atoms with Crippen LogP contribution in [0.4, 0.5) is 0 Å². The summed E-state index contributed by atoms with van der Waals surface area (Å²) in [6.45, 7) is 0. The van der Waals surface area contributed by atoms with E-state index in [0.29, 0.717) is 11.8 Å². The molecule has 0 aromatic heterocycles. The molecule has 2 bridgehead atoms. The number of esters is 1. The van der Waals surface area contributed by atoms with Gasteiger partial charge in [-0.1, -0.05) is 97.1 Å². The van der Waals surface area contributed by atoms with Gasteiger partial charge in [0.05, 0.1) is 10.8 Å². The van der Waals surface area contributed by atoms with E-state index >= 15 is 0 Å². The van der Waals surface area contributed by atoms with Crippen LogP contribution in [-0.4, -0.2) is 18.9 Å². The summed E-state index contributed by atoms with van der Waals surface area (Å²) in [4.78, 5) is 13.7. The van der Waals surface area contributed by atoms with Gasteiger partial charge < -0.3 is 9.29 Å². The molecule has 6 aromatic rings. The number of carbonyl (C=O) groups is 1. The highest BCUT2D eigenvalue weighted by molar-refractivity contribution is 7.86. The number of rotatable bonds is 3. The monoisotopic (exact) mass is 555 g/mol. The molecule has 3 aliphatic rings. The Morgan fingerprint density at radius 2 is 1.15 bits per heavy atom. The van der Waals surface area contributed by atoms with E-state index in [9.17, 15) is 17.8 Å². The van der Waals surface area contributed by atoms with Crippen molar-refractivity contribution in [3.8, 4) is 5.75 Å². The SMILES string of the molecule is O=C(Oc1ccc(S(=O)(=O)[O-])c2ccccc12)C1CC2c3cc4ccccc4cc3C1c1cc3ccccc3cc12. The van der Waals surface area contributed by atoms with Crippen molar-refractivity contribution in [1.82, 2.24) is 0 Å². The minimum absolute atomic E-state index is 0.0430. The molecular formula is C35H23O5S-. The van der Waals surface area contributed by atoms with Gasteiger partial charge in [0.2, 0.25) is 0 Å². The van der Waals surface area contributed by atoms with Gasteiger partial charge in [-0.25, -0.2) is 8.42 Å². The van der Waals surface area contributed by atoms with Gasteiger partial charge in [0.1, 0.15) is 15.9 Å². The third kappa shape index (κ3) is 3.71. The highest BCUT2D eigenvalue weighted by atomic mass is 32.2. The molecule has 0 saturated heterocycles. The Bertz CT molecular complexity index is 2100. The fourth-order valence-electron chi connectivity index (χ4n) is 7.07. The van der Waals surface area contributed by atoms with Crippen molar-refractivity contribution in [2.45, 2.75) is 23.2 Å². The van der Waals surface area contributed by atoms with E-state index in [4.69, 9.17) is 4.74 Å². The average molecular weight is 556 g/mol. The number of fused-ring (bicyclic) bond motifs is 4. The van der Waals surface area contributed by atoms with Crippen molar-refractivity contribution in [3.05, 3.63) is 131 Å². The van der Waals surface area contributed by atoms with Crippen molar-refractivity contribution in [3.63, 3.8) is 0 Å². The molecule has 41 heavy (non-hydrogen) atoms. The fraction of sp³-hybridized carbons (Fsp3) is 0.114. The molecular weight excluding hydrogens is 532 g/mol. The zero-order valence-electron chi connectivity index (χ0n) is 21.8. The standard InChI is InChI=1S/C35H24O5S/c36-35(40-32-13-14-33(41(37,38)39)25-12-6-5-11-24(25)32)31-19-28-26-15-20-7-1-3-9-22(20)17-29(26)34(31)30-18-23-10-4-2-8-21(23)16-27(28)30/h1-18,28,31,34H,19H2,(H,37,38,39)/p-1. The lowest BCUT2D eigenvalue weighted by Crippen LogP contribution is -2.38. The predicted octanol–water partition coefficient (Wildman–Crippen LogP) is 7.25. The zero-order valence-corrected chi connectivity index (χ0v) is 22.6. The molecule has 3 aliphatic carbocycles. The van der Waals surface area contributed by atoms with E-state index in [2.05, 4.69) is 48.5 Å². The van der Waals surface area contributed by atoms with Gasteiger partial charge in [-0.2, -0.15) is 0 Å². The van der Waals surface area contributed by atoms with Crippen LogP contribution in [0.2, 0.25) is 0 Å². The zero-order chi connectivity index (χ0) is 27.9. The highest BCUT2D eigenvalue weighted by Gasteiger charge is 2.47. The van der Waals surface area contributed by atoms with Crippen LogP contribution >= 0.6 is 0 Å². The Morgan fingerprint density at radius 1 is 0.659 bits per heavy atom. The predicted molar refractivity (Wildman–Crippen MR) is 157 cm³/mol. The Balaban J connectivity index is 1.27. The lowest BCUT2D eigenvalue weighted by molar-refractivity contribution is -0.140. The maximum absolute atomic E-state index is 14.0. The van der Waals surface area contributed by atoms with Gasteiger partial charge in [0, 0.05) is 22.6 Å². The molecule has 0 spiro atoms. The first-order valence-electron chi connectivity index (χ1n) is 13.6. The molecule has 0 heterocycles. The van der Waals surface area contributed by atoms with E-state index in [-0.39, 0.29) is 33.8 Å². The number of carbonyl (C=O) groups excluding carboxylic acids is 1. The summed E-state index contributed by atoms with van der Waals surface area (Å²) in [6.07, 6.45) is 0.616. The molecule has 1 atom stereocenters. The van der Waals surface area contributed by atoms with E-state index in [0.717, 1.165) is 21.9 Å². The lowest BCUT2D eigenvalue weighted by atomic mass is 9.58. The molecule has 1 unspecified atom stereocenters. The van der Waals surface area contributed by atoms with Gasteiger partial charge in [0.15, 0.2) is 0 Å². The topological polar surface area (TPSA) is 83.5 Å². The molecule has 0 aliphatic heterocycles. The first kappa shape index (κ1) is 24.3. The third-order valence-corrected chi connectivity index (χ3v) is 9.74. The molecule has 0 amide bonds. The second-order valence-electron chi connectivity index (χ2n) is 11.0. The van der Waals surface area contributed by atoms with Crippen molar-refractivity contribution in [1.29, 1.82) is 0 Å². The van der Waals surface area contributed by atoms with Crippen LogP contribution in [0.15, 0.2) is 114 Å². The second kappa shape index (κ2) is 8.74. The van der Waals surface area contributed by atoms with Crippen LogP contribution in [0.5, 0.6) is 5.75 Å². The van der Waals surface area contributed by atoms with Gasteiger partial charge in [0.25, 0.3) is 0 Å². The number of benzene rings is 6. The molecule has 0 N–H and O–H groups in total. The number of hydrogen-bond donors (Lipinski definition) is 0. The summed E-state index contributed by atoms with van der Waals surface area (Å²) in [5.74, 6) is -0.679. The third-order valence-electron chi connectivity index (χ3n) is 8.84. The lowest BCUT2D eigenvalue weighted by Gasteiger charge is -2.44. The molecule has 0 saturated carbocycles. The quantitative estimate of drug-likeness (QED) is 0.130. The second-order valence-corrected chi connectivity index (χ2v) is 12.4. The van der Waals surface area contributed by atoms with Gasteiger partial charge in [-0.15, -0.1) is 0 Å². The van der Waals surface area contributed by atoms with Crippen molar-refractivity contribution in [2.24, 2.45) is 5.92 Å². The Morgan fingerprint density at radius 3 is 1.68 bits per heavy atom. The van der Waals surface area contributed by atoms with Crippen LogP contribution in [0.25, 0.3) is 32.3 Å². The average Bonchev–Trinajstić information content (AvgIpc) is 2.98. The Labute approximate surface area is 236 Å². The first-order valence-corrected chi connectivity index (χ1v) is 15.0. The van der Waals surface area contributed by atoms with Crippen LogP contribution in [0.3, 0.4) is 0 Å². The molecule has 0 radical (unpaired) electrons. The number of hydrogen-bond acceptors (Lipinski definition) is 5. The summed E-state index contributed by atoms with van der Waals surface area (Å²) in [5, 5.41) is 5.28. The van der Waals surface area contributed by atoms with Crippen molar-refractivity contribution >= 4 is 48.4 Å². The van der Waals surface area contributed by atoms with Crippen LogP contribution in [0.1, 0.15) is 40.5 Å². The summed E-state index contributed by atoms with van der Waals surface area (Å²) in [7, 11) is -4.70. The normalized spacial score (nSPS) is 19.3. The maximum atomic E-state index is 14.0. The van der Waals surface area contributed by atoms with Crippen LogP contribution < -0.4 is 4.74 Å². The van der Waals surface area contributed by atoms with Gasteiger partial charge >= 0.3 is 5.97 Å². The fourth-order valence-corrected chi connectivity index (χ4v) is 7.75. The molecule has 6 aromatic carbocycles. The minimum Gasteiger partial charge on any atom is -0.744 e. The molecule has 0 fully saturated rings. The Hall–Kier alpha value is -4.52. The molecule has 9 rings (SSSR count). The summed E-state index contributed by atoms with van der Waals surface area (Å²) in [5.41, 5.74) is 4.83. The molecule has 200 valence electrons. The molecule has 6 heteroatoms. The van der Waals surface area contributed by atoms with E-state index in [1.54, 1.807) is 24.3 Å². The Kier molecular flexibility index (Phi) is 5.18. The summed E-state index contributed by atoms with van der Waals surface area (Å²) >= 11 is 0. The smallest absolute Gasteiger partial charge is 0.315 e. The number of ether oxygens (including phenoxy) is 1. The largest absolute Gasteiger partial charge is 0.744 e. The van der Waals surface area contributed by atoms with Gasteiger partial charge in [-0.05, 0) is 62.4 Å². The maximum Gasteiger partial charge on any atom is 0.315 e. The van der Waals surface area contributed by atoms with Crippen LogP contribution in [0, 0.1) is 5.92 Å².